The summed E-state index contributed by atoms with van der Waals surface area (Å²) in [6.07, 6.45) is 1.11. The average molecular weight is 288 g/mol. The maximum absolute atomic E-state index is 12.0. The molecule has 0 spiro atoms. The van der Waals surface area contributed by atoms with Crippen molar-refractivity contribution in [1.29, 1.82) is 0 Å². The van der Waals surface area contributed by atoms with E-state index in [1.807, 2.05) is 61.5 Å². The molecule has 0 fully saturated rings. The van der Waals surface area contributed by atoms with Crippen LogP contribution in [0, 0.1) is 0 Å². The van der Waals surface area contributed by atoms with Crippen LogP contribution in [-0.2, 0) is 11.2 Å². The monoisotopic (exact) mass is 287 g/mol. The lowest BCUT2D eigenvalue weighted by Gasteiger charge is -2.14. The van der Waals surface area contributed by atoms with Crippen LogP contribution in [0.1, 0.15) is 30.5 Å². The van der Waals surface area contributed by atoms with Crippen molar-refractivity contribution in [2.24, 2.45) is 0 Å². The Morgan fingerprint density at radius 3 is 2.45 bits per heavy atom. The van der Waals surface area contributed by atoms with Gasteiger partial charge in [-0.25, -0.2) is 0 Å². The molecular weight excluding hydrogens is 270 g/mol. The minimum Gasteiger partial charge on any atom is -0.350 e. The number of carbonyl (C=O) groups excluding carboxylic acids is 1. The number of hydrogen-bond donors (Lipinski definition) is 1. The van der Waals surface area contributed by atoms with E-state index in [-0.39, 0.29) is 11.9 Å². The summed E-state index contributed by atoms with van der Waals surface area (Å²) < 4.78 is 0. The zero-order chi connectivity index (χ0) is 14.4. The summed E-state index contributed by atoms with van der Waals surface area (Å²) in [6.45, 7) is 1.99. The molecule has 2 rings (SSSR count). The van der Waals surface area contributed by atoms with E-state index >= 15 is 0 Å². The number of nitrogens with one attached hydrogen (secondary N) is 1. The molecule has 2 aromatic rings. The van der Waals surface area contributed by atoms with Gasteiger partial charge in [0.1, 0.15) is 0 Å². The Morgan fingerprint density at radius 1 is 1.10 bits per heavy atom. The van der Waals surface area contributed by atoms with Gasteiger partial charge in [0.05, 0.1) is 6.04 Å². The summed E-state index contributed by atoms with van der Waals surface area (Å²) in [6, 6.07) is 17.6. The highest BCUT2D eigenvalue weighted by atomic mass is 35.5. The largest absolute Gasteiger partial charge is 0.350 e. The summed E-state index contributed by atoms with van der Waals surface area (Å²) in [7, 11) is 0. The van der Waals surface area contributed by atoms with E-state index in [9.17, 15) is 4.79 Å². The van der Waals surface area contributed by atoms with Crippen molar-refractivity contribution >= 4 is 17.5 Å². The molecule has 0 aliphatic heterocycles. The van der Waals surface area contributed by atoms with Gasteiger partial charge in [0.2, 0.25) is 5.91 Å². The lowest BCUT2D eigenvalue weighted by Crippen LogP contribution is -2.26. The molecule has 0 unspecified atom stereocenters. The van der Waals surface area contributed by atoms with Gasteiger partial charge >= 0.3 is 0 Å². The molecule has 1 N–H and O–H groups in total. The first-order valence-electron chi connectivity index (χ1n) is 6.74. The zero-order valence-electron chi connectivity index (χ0n) is 11.5. The van der Waals surface area contributed by atoms with Gasteiger partial charge in [-0.15, -0.1) is 0 Å². The Bertz CT molecular complexity index is 568. The first-order chi connectivity index (χ1) is 9.66. The van der Waals surface area contributed by atoms with Crippen molar-refractivity contribution in [3.05, 3.63) is 70.7 Å². The Morgan fingerprint density at radius 2 is 1.75 bits per heavy atom. The Labute approximate surface area is 124 Å². The lowest BCUT2D eigenvalue weighted by atomic mass is 10.1. The Hall–Kier alpha value is -1.80. The predicted octanol–water partition coefficient (Wildman–Crippen LogP) is 4.15. The number of benzene rings is 2. The summed E-state index contributed by atoms with van der Waals surface area (Å²) >= 11 is 6.08. The summed E-state index contributed by atoms with van der Waals surface area (Å²) in [5.74, 6) is 0.0428. The fraction of sp³-hybridized carbons (Fsp3) is 0.235. The van der Waals surface area contributed by atoms with Crippen LogP contribution in [-0.4, -0.2) is 5.91 Å². The summed E-state index contributed by atoms with van der Waals surface area (Å²) in [5.41, 5.74) is 2.12. The van der Waals surface area contributed by atoms with Crippen molar-refractivity contribution in [1.82, 2.24) is 5.32 Å². The van der Waals surface area contributed by atoms with Crippen molar-refractivity contribution < 1.29 is 4.79 Å². The van der Waals surface area contributed by atoms with Gasteiger partial charge in [-0.2, -0.15) is 0 Å². The van der Waals surface area contributed by atoms with E-state index in [0.717, 1.165) is 16.1 Å². The van der Waals surface area contributed by atoms with Gasteiger partial charge in [-0.3, -0.25) is 4.79 Å². The van der Waals surface area contributed by atoms with Crippen molar-refractivity contribution in [3.8, 4) is 0 Å². The van der Waals surface area contributed by atoms with Gasteiger partial charge in [0, 0.05) is 11.4 Å². The smallest absolute Gasteiger partial charge is 0.220 e. The molecule has 3 heteroatoms. The molecule has 0 aromatic heterocycles. The average Bonchev–Trinajstić information content (AvgIpc) is 2.47. The van der Waals surface area contributed by atoms with Crippen LogP contribution in [0.4, 0.5) is 0 Å². The molecule has 1 atom stereocenters. The van der Waals surface area contributed by atoms with Gasteiger partial charge in [0.15, 0.2) is 0 Å². The molecule has 0 heterocycles. The third-order valence-electron chi connectivity index (χ3n) is 3.26. The van der Waals surface area contributed by atoms with Crippen molar-refractivity contribution in [3.63, 3.8) is 0 Å². The standard InChI is InChI=1S/C17H18ClNO/c1-13(14-7-3-2-4-8-14)19-17(20)12-11-15-9-5-6-10-16(15)18/h2-10,13H,11-12H2,1H3,(H,19,20)/t13-/m0/s1. The first-order valence-corrected chi connectivity index (χ1v) is 7.12. The highest BCUT2D eigenvalue weighted by Gasteiger charge is 2.09. The van der Waals surface area contributed by atoms with Crippen LogP contribution >= 0.6 is 11.6 Å². The van der Waals surface area contributed by atoms with Crippen molar-refractivity contribution in [2.75, 3.05) is 0 Å². The van der Waals surface area contributed by atoms with E-state index < -0.39 is 0 Å². The Kier molecular flexibility index (Phi) is 5.19. The number of carbonyl (C=O) groups is 1. The minimum absolute atomic E-state index is 0.0231. The van der Waals surface area contributed by atoms with Crippen LogP contribution in [0.25, 0.3) is 0 Å². The third-order valence-corrected chi connectivity index (χ3v) is 3.63. The quantitative estimate of drug-likeness (QED) is 0.879. The number of rotatable bonds is 5. The molecule has 104 valence electrons. The molecule has 2 nitrogen and oxygen atoms in total. The number of hydrogen-bond acceptors (Lipinski definition) is 1. The van der Waals surface area contributed by atoms with Crippen LogP contribution < -0.4 is 5.32 Å². The van der Waals surface area contributed by atoms with Gasteiger partial charge < -0.3 is 5.32 Å². The fourth-order valence-electron chi connectivity index (χ4n) is 2.09. The van der Waals surface area contributed by atoms with Crippen LogP contribution in [0.3, 0.4) is 0 Å². The molecule has 0 aliphatic carbocycles. The van der Waals surface area contributed by atoms with Crippen molar-refractivity contribution in [2.45, 2.75) is 25.8 Å². The zero-order valence-corrected chi connectivity index (χ0v) is 12.2. The van der Waals surface area contributed by atoms with Crippen LogP contribution in [0.15, 0.2) is 54.6 Å². The molecule has 0 bridgehead atoms. The topological polar surface area (TPSA) is 29.1 Å². The molecule has 0 radical (unpaired) electrons. The van der Waals surface area contributed by atoms with Gasteiger partial charge in [-0.05, 0) is 30.5 Å². The molecule has 0 aliphatic rings. The van der Waals surface area contributed by atoms with E-state index in [2.05, 4.69) is 5.32 Å². The Balaban J connectivity index is 1.86. The van der Waals surface area contributed by atoms with E-state index in [1.165, 1.54) is 0 Å². The molecule has 1 amide bonds. The van der Waals surface area contributed by atoms with E-state index in [4.69, 9.17) is 11.6 Å². The molecule has 0 saturated heterocycles. The normalized spacial score (nSPS) is 11.9. The predicted molar refractivity (Wildman–Crippen MR) is 82.8 cm³/mol. The summed E-state index contributed by atoms with van der Waals surface area (Å²) in [4.78, 5) is 12.0. The molecule has 20 heavy (non-hydrogen) atoms. The second-order valence-electron chi connectivity index (χ2n) is 4.79. The molecular formula is C17H18ClNO. The minimum atomic E-state index is 0.0231. The molecule has 2 aromatic carbocycles. The SMILES string of the molecule is C[C@H](NC(=O)CCc1ccccc1Cl)c1ccccc1. The van der Waals surface area contributed by atoms with Crippen LogP contribution in [0.5, 0.6) is 0 Å². The van der Waals surface area contributed by atoms with Gasteiger partial charge in [-0.1, -0.05) is 60.1 Å². The summed E-state index contributed by atoms with van der Waals surface area (Å²) in [5, 5.41) is 3.72. The third kappa shape index (κ3) is 4.10. The van der Waals surface area contributed by atoms with E-state index in [1.54, 1.807) is 0 Å². The maximum Gasteiger partial charge on any atom is 0.220 e. The second kappa shape index (κ2) is 7.11. The number of amides is 1. The number of halogens is 1. The fourth-order valence-corrected chi connectivity index (χ4v) is 2.32. The highest BCUT2D eigenvalue weighted by Crippen LogP contribution is 2.17. The molecule has 0 saturated carbocycles. The lowest BCUT2D eigenvalue weighted by molar-refractivity contribution is -0.121. The van der Waals surface area contributed by atoms with Crippen LogP contribution in [0.2, 0.25) is 5.02 Å². The highest BCUT2D eigenvalue weighted by molar-refractivity contribution is 6.31. The van der Waals surface area contributed by atoms with E-state index in [0.29, 0.717) is 12.8 Å². The maximum atomic E-state index is 12.0. The first kappa shape index (κ1) is 14.6. The van der Waals surface area contributed by atoms with Gasteiger partial charge in [0.25, 0.3) is 0 Å². The second-order valence-corrected chi connectivity index (χ2v) is 5.20. The number of aryl methyl sites for hydroxylation is 1.